The van der Waals surface area contributed by atoms with Crippen LogP contribution in [0.5, 0.6) is 5.75 Å². The summed E-state index contributed by atoms with van der Waals surface area (Å²) in [6.07, 6.45) is 6.79. The lowest BCUT2D eigenvalue weighted by atomic mass is 10.1. The van der Waals surface area contributed by atoms with Crippen LogP contribution in [-0.2, 0) is 11.3 Å². The first-order chi connectivity index (χ1) is 14.1. The maximum atomic E-state index is 12.6. The first-order valence-corrected chi connectivity index (χ1v) is 9.48. The average Bonchev–Trinajstić information content (AvgIpc) is 3.40. The largest absolute Gasteiger partial charge is 0.494 e. The number of rotatable bonds is 6. The summed E-state index contributed by atoms with van der Waals surface area (Å²) in [4.78, 5) is 30.4. The fourth-order valence-electron chi connectivity index (χ4n) is 3.44. The number of ether oxygens (including phenoxy) is 1. The smallest absolute Gasteiger partial charge is 0.255 e. The van der Waals surface area contributed by atoms with Gasteiger partial charge in [-0.3, -0.25) is 9.59 Å². The van der Waals surface area contributed by atoms with Crippen molar-refractivity contribution in [3.63, 3.8) is 0 Å². The van der Waals surface area contributed by atoms with Gasteiger partial charge in [-0.25, -0.2) is 4.98 Å². The fourth-order valence-corrected chi connectivity index (χ4v) is 3.44. The molecule has 0 spiro atoms. The van der Waals surface area contributed by atoms with Gasteiger partial charge >= 0.3 is 0 Å². The summed E-state index contributed by atoms with van der Waals surface area (Å²) < 4.78 is 7.41. The minimum absolute atomic E-state index is 0.0934. The van der Waals surface area contributed by atoms with Crippen molar-refractivity contribution in [1.82, 2.24) is 9.55 Å². The summed E-state index contributed by atoms with van der Waals surface area (Å²) in [5, 5.41) is 2.89. The van der Waals surface area contributed by atoms with Crippen LogP contribution in [0, 0.1) is 0 Å². The van der Waals surface area contributed by atoms with E-state index in [1.807, 2.05) is 29.0 Å². The van der Waals surface area contributed by atoms with Crippen molar-refractivity contribution < 1.29 is 14.3 Å². The molecule has 2 amide bonds. The third-order valence-corrected chi connectivity index (χ3v) is 4.94. The van der Waals surface area contributed by atoms with Crippen LogP contribution in [0.25, 0.3) is 0 Å². The van der Waals surface area contributed by atoms with E-state index in [0.717, 1.165) is 17.7 Å². The van der Waals surface area contributed by atoms with Gasteiger partial charge in [0.25, 0.3) is 5.91 Å². The Labute approximate surface area is 168 Å². The van der Waals surface area contributed by atoms with E-state index in [9.17, 15) is 9.59 Å². The van der Waals surface area contributed by atoms with Gasteiger partial charge in [0.2, 0.25) is 5.91 Å². The quantitative estimate of drug-likeness (QED) is 0.701. The van der Waals surface area contributed by atoms with E-state index in [4.69, 9.17) is 4.74 Å². The highest BCUT2D eigenvalue weighted by Crippen LogP contribution is 2.34. The Morgan fingerprint density at radius 2 is 2.03 bits per heavy atom. The summed E-state index contributed by atoms with van der Waals surface area (Å²) in [6, 6.07) is 12.8. The van der Waals surface area contributed by atoms with E-state index in [2.05, 4.69) is 10.3 Å². The highest BCUT2D eigenvalue weighted by Gasteiger charge is 2.24. The number of nitrogens with one attached hydrogen (secondary N) is 1. The number of benzene rings is 2. The second kappa shape index (κ2) is 8.18. The molecule has 0 atom stereocenters. The van der Waals surface area contributed by atoms with Gasteiger partial charge in [0.05, 0.1) is 19.1 Å². The lowest BCUT2D eigenvalue weighted by molar-refractivity contribution is -0.117. The first kappa shape index (κ1) is 18.7. The van der Waals surface area contributed by atoms with E-state index >= 15 is 0 Å². The van der Waals surface area contributed by atoms with Crippen LogP contribution < -0.4 is 15.0 Å². The number of hydrogen-bond acceptors (Lipinski definition) is 4. The molecule has 0 unspecified atom stereocenters. The lowest BCUT2D eigenvalue weighted by Gasteiger charge is -2.19. The summed E-state index contributed by atoms with van der Waals surface area (Å²) in [5.41, 5.74) is 3.00. The van der Waals surface area contributed by atoms with Gasteiger partial charge in [0.1, 0.15) is 5.75 Å². The summed E-state index contributed by atoms with van der Waals surface area (Å²) in [7, 11) is 1.56. The number of aromatic nitrogens is 2. The molecule has 2 aromatic carbocycles. The van der Waals surface area contributed by atoms with E-state index in [-0.39, 0.29) is 11.8 Å². The van der Waals surface area contributed by atoms with Gasteiger partial charge in [0, 0.05) is 49.2 Å². The Morgan fingerprint density at radius 1 is 1.21 bits per heavy atom. The normalized spacial score (nSPS) is 13.6. The Morgan fingerprint density at radius 3 is 2.69 bits per heavy atom. The second-order valence-corrected chi connectivity index (χ2v) is 6.92. The van der Waals surface area contributed by atoms with Crippen molar-refractivity contribution in [2.24, 2.45) is 0 Å². The molecule has 0 saturated carbocycles. The molecule has 0 bridgehead atoms. The van der Waals surface area contributed by atoms with Crippen LogP contribution in [0.3, 0.4) is 0 Å². The average molecular weight is 390 g/mol. The van der Waals surface area contributed by atoms with Crippen LogP contribution in [0.2, 0.25) is 0 Å². The van der Waals surface area contributed by atoms with E-state index < -0.39 is 0 Å². The van der Waals surface area contributed by atoms with E-state index in [1.165, 1.54) is 0 Å². The van der Waals surface area contributed by atoms with Crippen molar-refractivity contribution >= 4 is 23.2 Å². The Kier molecular flexibility index (Phi) is 5.29. The maximum absolute atomic E-state index is 12.6. The molecule has 1 N–H and O–H groups in total. The predicted octanol–water partition coefficient (Wildman–Crippen LogP) is 3.32. The summed E-state index contributed by atoms with van der Waals surface area (Å²) in [6.45, 7) is 1.39. The molecule has 4 rings (SSSR count). The lowest BCUT2D eigenvalue weighted by Crippen LogP contribution is -2.24. The number of imidazole rings is 1. The molecule has 29 heavy (non-hydrogen) atoms. The molecular weight excluding hydrogens is 368 g/mol. The minimum atomic E-state index is -0.203. The number of amides is 2. The van der Waals surface area contributed by atoms with Gasteiger partial charge in [-0.2, -0.15) is 0 Å². The van der Waals surface area contributed by atoms with Crippen LogP contribution >= 0.6 is 0 Å². The van der Waals surface area contributed by atoms with Crippen molar-refractivity contribution in [2.45, 2.75) is 19.4 Å². The Hall–Kier alpha value is -3.61. The second-order valence-electron chi connectivity index (χ2n) is 6.92. The zero-order valence-electron chi connectivity index (χ0n) is 16.2. The molecule has 7 nitrogen and oxygen atoms in total. The molecule has 3 aromatic rings. The monoisotopic (exact) mass is 390 g/mol. The molecule has 1 aliphatic heterocycles. The predicted molar refractivity (Wildman–Crippen MR) is 110 cm³/mol. The zero-order valence-corrected chi connectivity index (χ0v) is 16.2. The molecule has 1 aliphatic rings. The van der Waals surface area contributed by atoms with Crippen molar-refractivity contribution in [3.8, 4) is 5.75 Å². The summed E-state index contributed by atoms with van der Waals surface area (Å²) in [5.74, 6) is 0.454. The molecule has 0 aliphatic carbocycles. The zero-order chi connectivity index (χ0) is 20.2. The Bertz CT molecular complexity index is 1010. The number of hydrogen-bond donors (Lipinski definition) is 1. The highest BCUT2D eigenvalue weighted by atomic mass is 16.5. The van der Waals surface area contributed by atoms with Crippen molar-refractivity contribution in [1.29, 1.82) is 0 Å². The number of methoxy groups -OCH3 is 1. The highest BCUT2D eigenvalue weighted by molar-refractivity contribution is 6.05. The van der Waals surface area contributed by atoms with Gasteiger partial charge in [-0.05, 0) is 36.2 Å². The van der Waals surface area contributed by atoms with Crippen LogP contribution in [-0.4, -0.2) is 35.0 Å². The first-order valence-electron chi connectivity index (χ1n) is 9.48. The SMILES string of the molecule is COc1cc(NC(=O)c2ccc(Cn3ccnc3)cc2)ccc1N1CCCC1=O. The molecular formula is C22H22N4O3. The number of carbonyl (C=O) groups excluding carboxylic acids is 2. The molecule has 1 fully saturated rings. The van der Waals surface area contributed by atoms with Crippen LogP contribution in [0.15, 0.2) is 61.2 Å². The third-order valence-electron chi connectivity index (χ3n) is 4.94. The minimum Gasteiger partial charge on any atom is -0.494 e. The Balaban J connectivity index is 1.45. The van der Waals surface area contributed by atoms with Gasteiger partial charge in [-0.15, -0.1) is 0 Å². The van der Waals surface area contributed by atoms with Crippen molar-refractivity contribution in [3.05, 3.63) is 72.3 Å². The topological polar surface area (TPSA) is 76.5 Å². The number of nitrogens with zero attached hydrogens (tertiary/aromatic N) is 3. The number of anilines is 2. The fraction of sp³-hybridized carbons (Fsp3) is 0.227. The van der Waals surface area contributed by atoms with Crippen LogP contribution in [0.1, 0.15) is 28.8 Å². The maximum Gasteiger partial charge on any atom is 0.255 e. The van der Waals surface area contributed by atoms with E-state index in [1.54, 1.807) is 48.8 Å². The standard InChI is InChI=1S/C22H22N4O3/c1-29-20-13-18(8-9-19(20)26-11-2-3-21(26)27)24-22(28)17-6-4-16(5-7-17)14-25-12-10-23-15-25/h4-10,12-13,15H,2-3,11,14H2,1H3,(H,24,28). The van der Waals surface area contributed by atoms with Gasteiger partial charge in [-0.1, -0.05) is 12.1 Å². The molecule has 2 heterocycles. The summed E-state index contributed by atoms with van der Waals surface area (Å²) >= 11 is 0. The van der Waals surface area contributed by atoms with E-state index in [0.29, 0.717) is 36.5 Å². The number of carbonyl (C=O) groups is 2. The third kappa shape index (κ3) is 4.13. The van der Waals surface area contributed by atoms with Gasteiger partial charge in [0.15, 0.2) is 0 Å². The molecule has 148 valence electrons. The molecule has 1 saturated heterocycles. The van der Waals surface area contributed by atoms with Crippen molar-refractivity contribution in [2.75, 3.05) is 23.9 Å². The van der Waals surface area contributed by atoms with Gasteiger partial charge < -0.3 is 19.5 Å². The molecule has 1 aromatic heterocycles. The molecule has 0 radical (unpaired) electrons. The van der Waals surface area contributed by atoms with Crippen LogP contribution in [0.4, 0.5) is 11.4 Å². The molecule has 7 heteroatoms.